The van der Waals surface area contributed by atoms with Gasteiger partial charge in [0.25, 0.3) is 0 Å². The predicted octanol–water partition coefficient (Wildman–Crippen LogP) is 1.39. The normalized spacial score (nSPS) is 12.0. The fourth-order valence-electron chi connectivity index (χ4n) is 0.440. The van der Waals surface area contributed by atoms with Crippen LogP contribution in [0.2, 0.25) is 6.04 Å². The van der Waals surface area contributed by atoms with Gasteiger partial charge in [-0.2, -0.15) is 0 Å². The molecule has 12 heavy (non-hydrogen) atoms. The summed E-state index contributed by atoms with van der Waals surface area (Å²) in [7, 11) is -0.697. The fraction of sp³-hybridized carbons (Fsp3) is 0.857. The lowest BCUT2D eigenvalue weighted by molar-refractivity contribution is -0.180. The van der Waals surface area contributed by atoms with Crippen molar-refractivity contribution in [3.05, 3.63) is 0 Å². The van der Waals surface area contributed by atoms with Crippen molar-refractivity contribution in [2.75, 3.05) is 0 Å². The fourth-order valence-corrected chi connectivity index (χ4v) is 0.786. The van der Waals surface area contributed by atoms with Crippen LogP contribution in [-0.2, 0) is 14.2 Å². The van der Waals surface area contributed by atoms with Gasteiger partial charge in [0.15, 0.2) is 0 Å². The molecule has 0 aliphatic rings. The second-order valence-electron chi connectivity index (χ2n) is 3.37. The second kappa shape index (κ2) is 5.16. The van der Waals surface area contributed by atoms with Crippen LogP contribution in [0.15, 0.2) is 0 Å². The maximum Gasteiger partial charge on any atom is 0.539 e. The zero-order valence-corrected chi connectivity index (χ0v) is 9.46. The van der Waals surface area contributed by atoms with Crippen molar-refractivity contribution in [2.45, 2.75) is 39.3 Å². The summed E-state index contributed by atoms with van der Waals surface area (Å²) >= 11 is 0. The SMILES string of the molecule is CC[SiH2]OOC(=O)OC(C)(C)C. The number of rotatable bonds is 3. The van der Waals surface area contributed by atoms with Gasteiger partial charge in [0.05, 0.1) is 0 Å². The first-order chi connectivity index (χ1) is 5.45. The van der Waals surface area contributed by atoms with Gasteiger partial charge in [0.1, 0.15) is 5.60 Å². The molecule has 0 N–H and O–H groups in total. The molecule has 0 aromatic heterocycles. The molecule has 0 amide bonds. The van der Waals surface area contributed by atoms with E-state index < -0.39 is 21.5 Å². The first kappa shape index (κ1) is 11.4. The van der Waals surface area contributed by atoms with E-state index in [-0.39, 0.29) is 0 Å². The summed E-state index contributed by atoms with van der Waals surface area (Å²) in [6.07, 6.45) is -0.761. The summed E-state index contributed by atoms with van der Waals surface area (Å²) in [6.45, 7) is 7.28. The summed E-state index contributed by atoms with van der Waals surface area (Å²) in [6, 6.07) is 0.933. The highest BCUT2D eigenvalue weighted by Crippen LogP contribution is 2.07. The number of carbonyl (C=O) groups is 1. The lowest BCUT2D eigenvalue weighted by Crippen LogP contribution is -2.24. The highest BCUT2D eigenvalue weighted by Gasteiger charge is 2.17. The molecule has 0 bridgehead atoms. The van der Waals surface area contributed by atoms with Gasteiger partial charge >= 0.3 is 6.16 Å². The van der Waals surface area contributed by atoms with E-state index >= 15 is 0 Å². The number of hydrogen-bond donors (Lipinski definition) is 0. The number of ether oxygens (including phenoxy) is 1. The van der Waals surface area contributed by atoms with E-state index in [1.54, 1.807) is 20.8 Å². The Bertz CT molecular complexity index is 141. The Morgan fingerprint density at radius 2 is 2.00 bits per heavy atom. The molecule has 0 aromatic rings. The van der Waals surface area contributed by atoms with E-state index in [2.05, 4.69) is 9.46 Å². The van der Waals surface area contributed by atoms with Crippen molar-refractivity contribution in [1.29, 1.82) is 0 Å². The van der Waals surface area contributed by atoms with Gasteiger partial charge in [0.2, 0.25) is 9.76 Å². The van der Waals surface area contributed by atoms with E-state index in [1.807, 2.05) is 6.92 Å². The molecule has 4 nitrogen and oxygen atoms in total. The minimum absolute atomic E-state index is 0.520. The Labute approximate surface area is 75.1 Å². The minimum Gasteiger partial charge on any atom is -0.427 e. The first-order valence-corrected chi connectivity index (χ1v) is 5.56. The molecule has 0 aromatic carbocycles. The molecule has 0 saturated carbocycles. The maximum atomic E-state index is 10.8. The lowest BCUT2D eigenvalue weighted by atomic mass is 10.2. The van der Waals surface area contributed by atoms with Crippen molar-refractivity contribution in [2.24, 2.45) is 0 Å². The lowest BCUT2D eigenvalue weighted by Gasteiger charge is -2.17. The second-order valence-corrected chi connectivity index (χ2v) is 5.01. The molecule has 0 aliphatic carbocycles. The zero-order valence-electron chi connectivity index (χ0n) is 8.05. The van der Waals surface area contributed by atoms with E-state index in [0.717, 1.165) is 6.04 Å². The third kappa shape index (κ3) is 7.55. The molecule has 0 saturated heterocycles. The Morgan fingerprint density at radius 3 is 2.42 bits per heavy atom. The molecule has 0 unspecified atom stereocenters. The van der Waals surface area contributed by atoms with Crippen LogP contribution in [0.5, 0.6) is 0 Å². The summed E-state index contributed by atoms with van der Waals surface area (Å²) in [4.78, 5) is 15.1. The molecule has 5 heteroatoms. The van der Waals surface area contributed by atoms with Gasteiger partial charge in [-0.25, -0.2) is 9.37 Å². The van der Waals surface area contributed by atoms with E-state index in [9.17, 15) is 4.79 Å². The maximum absolute atomic E-state index is 10.8. The third-order valence-corrected chi connectivity index (χ3v) is 1.50. The van der Waals surface area contributed by atoms with Crippen LogP contribution in [0, 0.1) is 0 Å². The largest absolute Gasteiger partial charge is 0.539 e. The highest BCUT2D eigenvalue weighted by atomic mass is 28.2. The minimum atomic E-state index is -0.761. The van der Waals surface area contributed by atoms with Gasteiger partial charge in [-0.3, -0.25) is 4.89 Å². The third-order valence-electron chi connectivity index (χ3n) is 0.804. The van der Waals surface area contributed by atoms with E-state index in [1.165, 1.54) is 0 Å². The Morgan fingerprint density at radius 1 is 1.42 bits per heavy atom. The molecule has 0 aliphatic heterocycles. The molecule has 0 spiro atoms. The highest BCUT2D eigenvalue weighted by molar-refractivity contribution is 6.26. The van der Waals surface area contributed by atoms with Crippen molar-refractivity contribution < 1.29 is 19.0 Å². The molecule has 0 radical (unpaired) electrons. The molecular formula is C7H16O4Si. The topological polar surface area (TPSA) is 44.8 Å². The smallest absolute Gasteiger partial charge is 0.427 e. The van der Waals surface area contributed by atoms with Crippen molar-refractivity contribution in [3.63, 3.8) is 0 Å². The van der Waals surface area contributed by atoms with Crippen LogP contribution in [0.3, 0.4) is 0 Å². The molecular weight excluding hydrogens is 176 g/mol. The molecule has 0 heterocycles. The van der Waals surface area contributed by atoms with E-state index in [4.69, 9.17) is 4.74 Å². The average molecular weight is 192 g/mol. The number of hydrogen-bond acceptors (Lipinski definition) is 4. The Hall–Kier alpha value is -0.553. The molecule has 0 rings (SSSR count). The van der Waals surface area contributed by atoms with Crippen LogP contribution in [-0.4, -0.2) is 21.5 Å². The summed E-state index contributed by atoms with van der Waals surface area (Å²) in [5.41, 5.74) is -0.520. The summed E-state index contributed by atoms with van der Waals surface area (Å²) < 4.78 is 9.48. The average Bonchev–Trinajstić information content (AvgIpc) is 1.84. The zero-order chi connectivity index (χ0) is 9.61. The first-order valence-electron chi connectivity index (χ1n) is 3.98. The van der Waals surface area contributed by atoms with Crippen LogP contribution in [0.25, 0.3) is 0 Å². The number of carbonyl (C=O) groups excluding carboxylic acids is 1. The van der Waals surface area contributed by atoms with Gasteiger partial charge in [-0.15, -0.1) is 0 Å². The van der Waals surface area contributed by atoms with Crippen LogP contribution >= 0.6 is 0 Å². The van der Waals surface area contributed by atoms with Crippen molar-refractivity contribution in [3.8, 4) is 0 Å². The molecule has 0 atom stereocenters. The molecule has 72 valence electrons. The van der Waals surface area contributed by atoms with Crippen molar-refractivity contribution in [1.82, 2.24) is 0 Å². The van der Waals surface area contributed by atoms with Crippen LogP contribution in [0.4, 0.5) is 4.79 Å². The Balaban J connectivity index is 3.47. The molecule has 0 fully saturated rings. The van der Waals surface area contributed by atoms with Gasteiger partial charge < -0.3 is 4.74 Å². The standard InChI is InChI=1S/C7H16O4Si/c1-5-12-11-10-6(8)9-7(2,3)4/h5,12H2,1-4H3. The van der Waals surface area contributed by atoms with Crippen molar-refractivity contribution >= 4 is 15.9 Å². The summed E-state index contributed by atoms with van der Waals surface area (Å²) in [5.74, 6) is 0. The predicted molar refractivity (Wildman–Crippen MR) is 47.4 cm³/mol. The van der Waals surface area contributed by atoms with Crippen LogP contribution < -0.4 is 0 Å². The monoisotopic (exact) mass is 192 g/mol. The van der Waals surface area contributed by atoms with E-state index in [0.29, 0.717) is 0 Å². The summed E-state index contributed by atoms with van der Waals surface area (Å²) in [5, 5.41) is 0. The Kier molecular flexibility index (Phi) is 4.92. The van der Waals surface area contributed by atoms with Gasteiger partial charge in [-0.1, -0.05) is 6.92 Å². The van der Waals surface area contributed by atoms with Crippen LogP contribution in [0.1, 0.15) is 27.7 Å². The van der Waals surface area contributed by atoms with Gasteiger partial charge in [-0.05, 0) is 26.8 Å². The van der Waals surface area contributed by atoms with Gasteiger partial charge in [0, 0.05) is 0 Å². The quantitative estimate of drug-likeness (QED) is 0.223.